The Balaban J connectivity index is 2.57. The van der Waals surface area contributed by atoms with E-state index in [0.717, 1.165) is 11.3 Å². The van der Waals surface area contributed by atoms with E-state index in [1.54, 1.807) is 17.9 Å². The fourth-order valence-electron chi connectivity index (χ4n) is 1.46. The number of hydrogen-bond acceptors (Lipinski definition) is 4. The van der Waals surface area contributed by atoms with Crippen LogP contribution >= 0.6 is 0 Å². The molecule has 0 saturated heterocycles. The molecule has 0 amide bonds. The van der Waals surface area contributed by atoms with Gasteiger partial charge in [-0.15, -0.1) is 5.10 Å². The zero-order valence-electron chi connectivity index (χ0n) is 8.64. The van der Waals surface area contributed by atoms with Gasteiger partial charge in [0.25, 0.3) is 0 Å². The standard InChI is InChI=1S/C10H12N4O/c1-14-6-9(12-13-14)7-4-3-5-8(11)10(7)15-2/h3-6H,11H2,1-2H3. The molecule has 0 atom stereocenters. The minimum absolute atomic E-state index is 0.598. The van der Waals surface area contributed by atoms with Gasteiger partial charge in [-0.2, -0.15) is 0 Å². The van der Waals surface area contributed by atoms with Crippen molar-refractivity contribution in [2.45, 2.75) is 0 Å². The Morgan fingerprint density at radius 2 is 2.20 bits per heavy atom. The van der Waals surface area contributed by atoms with E-state index in [-0.39, 0.29) is 0 Å². The maximum Gasteiger partial charge on any atom is 0.151 e. The summed E-state index contributed by atoms with van der Waals surface area (Å²) in [5.74, 6) is 0.637. The Morgan fingerprint density at radius 3 is 2.80 bits per heavy atom. The number of methoxy groups -OCH3 is 1. The average molecular weight is 204 g/mol. The summed E-state index contributed by atoms with van der Waals surface area (Å²) in [4.78, 5) is 0. The number of nitrogens with zero attached hydrogens (tertiary/aromatic N) is 3. The summed E-state index contributed by atoms with van der Waals surface area (Å²) in [5.41, 5.74) is 8.00. The molecule has 5 heteroatoms. The van der Waals surface area contributed by atoms with Crippen LogP contribution in [0.4, 0.5) is 5.69 Å². The maximum atomic E-state index is 5.80. The number of para-hydroxylation sites is 1. The monoisotopic (exact) mass is 204 g/mol. The van der Waals surface area contributed by atoms with E-state index >= 15 is 0 Å². The second-order valence-electron chi connectivity index (χ2n) is 3.21. The lowest BCUT2D eigenvalue weighted by molar-refractivity contribution is 0.418. The fourth-order valence-corrected chi connectivity index (χ4v) is 1.46. The second kappa shape index (κ2) is 3.61. The smallest absolute Gasteiger partial charge is 0.151 e. The first-order chi connectivity index (χ1) is 7.22. The van der Waals surface area contributed by atoms with E-state index < -0.39 is 0 Å². The summed E-state index contributed by atoms with van der Waals surface area (Å²) in [6.07, 6.45) is 1.82. The van der Waals surface area contributed by atoms with Crippen molar-refractivity contribution >= 4 is 5.69 Å². The lowest BCUT2D eigenvalue weighted by atomic mass is 10.1. The predicted octanol–water partition coefficient (Wildman–Crippen LogP) is 1.07. The zero-order chi connectivity index (χ0) is 10.8. The molecule has 1 heterocycles. The highest BCUT2D eigenvalue weighted by molar-refractivity contribution is 5.74. The van der Waals surface area contributed by atoms with E-state index in [1.807, 2.05) is 25.4 Å². The molecular formula is C10H12N4O. The molecule has 2 aromatic rings. The highest BCUT2D eigenvalue weighted by Gasteiger charge is 2.11. The molecule has 2 rings (SSSR count). The first-order valence-electron chi connectivity index (χ1n) is 4.51. The Bertz CT molecular complexity index is 478. The van der Waals surface area contributed by atoms with Gasteiger partial charge in [-0.1, -0.05) is 11.3 Å². The van der Waals surface area contributed by atoms with Crippen LogP contribution in [0.25, 0.3) is 11.3 Å². The summed E-state index contributed by atoms with van der Waals surface area (Å²) < 4.78 is 6.87. The van der Waals surface area contributed by atoms with Crippen molar-refractivity contribution in [3.05, 3.63) is 24.4 Å². The van der Waals surface area contributed by atoms with Crippen molar-refractivity contribution in [2.24, 2.45) is 7.05 Å². The van der Waals surface area contributed by atoms with Gasteiger partial charge in [0, 0.05) is 12.6 Å². The SMILES string of the molecule is COc1c(N)cccc1-c1cn(C)nn1. The molecule has 5 nitrogen and oxygen atoms in total. The van der Waals surface area contributed by atoms with Gasteiger partial charge >= 0.3 is 0 Å². The number of aryl methyl sites for hydroxylation is 1. The van der Waals surface area contributed by atoms with Crippen LogP contribution in [0.5, 0.6) is 5.75 Å². The lowest BCUT2D eigenvalue weighted by Gasteiger charge is -2.07. The quantitative estimate of drug-likeness (QED) is 0.743. The topological polar surface area (TPSA) is 66.0 Å². The summed E-state index contributed by atoms with van der Waals surface area (Å²) >= 11 is 0. The Labute approximate surface area is 87.5 Å². The van der Waals surface area contributed by atoms with Gasteiger partial charge in [0.15, 0.2) is 5.75 Å². The van der Waals surface area contributed by atoms with Crippen LogP contribution in [0.2, 0.25) is 0 Å². The molecule has 0 saturated carbocycles. The molecule has 0 aliphatic carbocycles. The van der Waals surface area contributed by atoms with Crippen molar-refractivity contribution in [1.82, 2.24) is 15.0 Å². The van der Waals surface area contributed by atoms with Gasteiger partial charge in [-0.25, -0.2) is 0 Å². The van der Waals surface area contributed by atoms with Gasteiger partial charge < -0.3 is 10.5 Å². The van der Waals surface area contributed by atoms with E-state index in [9.17, 15) is 0 Å². The summed E-state index contributed by atoms with van der Waals surface area (Å²) in [6, 6.07) is 5.56. The largest absolute Gasteiger partial charge is 0.494 e. The molecule has 0 radical (unpaired) electrons. The number of rotatable bonds is 2. The normalized spacial score (nSPS) is 10.3. The average Bonchev–Trinajstić information content (AvgIpc) is 2.64. The number of benzene rings is 1. The summed E-state index contributed by atoms with van der Waals surface area (Å²) in [6.45, 7) is 0. The number of ether oxygens (including phenoxy) is 1. The Hall–Kier alpha value is -2.04. The Morgan fingerprint density at radius 1 is 1.40 bits per heavy atom. The van der Waals surface area contributed by atoms with Gasteiger partial charge in [0.05, 0.1) is 19.0 Å². The van der Waals surface area contributed by atoms with Crippen LogP contribution in [0, 0.1) is 0 Å². The second-order valence-corrected chi connectivity index (χ2v) is 3.21. The lowest BCUT2D eigenvalue weighted by Crippen LogP contribution is -1.94. The predicted molar refractivity (Wildman–Crippen MR) is 57.4 cm³/mol. The van der Waals surface area contributed by atoms with E-state index in [2.05, 4.69) is 10.3 Å². The molecule has 1 aromatic carbocycles. The first kappa shape index (κ1) is 9.51. The van der Waals surface area contributed by atoms with Crippen LogP contribution in [0.3, 0.4) is 0 Å². The number of nitrogen functional groups attached to an aromatic ring is 1. The molecule has 0 aliphatic heterocycles. The number of nitrogens with two attached hydrogens (primary N) is 1. The molecule has 15 heavy (non-hydrogen) atoms. The summed E-state index contributed by atoms with van der Waals surface area (Å²) in [7, 11) is 3.40. The molecule has 0 fully saturated rings. The van der Waals surface area contributed by atoms with Crippen LogP contribution in [0.15, 0.2) is 24.4 Å². The van der Waals surface area contributed by atoms with Gasteiger partial charge in [-0.05, 0) is 12.1 Å². The molecule has 78 valence electrons. The molecule has 0 bridgehead atoms. The van der Waals surface area contributed by atoms with Crippen molar-refractivity contribution in [3.63, 3.8) is 0 Å². The Kier molecular flexibility index (Phi) is 2.29. The molecule has 0 aliphatic rings. The van der Waals surface area contributed by atoms with Crippen LogP contribution in [-0.2, 0) is 7.05 Å². The van der Waals surface area contributed by atoms with E-state index in [1.165, 1.54) is 0 Å². The highest BCUT2D eigenvalue weighted by Crippen LogP contribution is 2.32. The van der Waals surface area contributed by atoms with Crippen molar-refractivity contribution in [2.75, 3.05) is 12.8 Å². The zero-order valence-corrected chi connectivity index (χ0v) is 8.64. The van der Waals surface area contributed by atoms with Crippen LogP contribution in [0.1, 0.15) is 0 Å². The molecular weight excluding hydrogens is 192 g/mol. The van der Waals surface area contributed by atoms with Crippen molar-refractivity contribution in [1.29, 1.82) is 0 Å². The summed E-state index contributed by atoms with van der Waals surface area (Å²) in [5, 5.41) is 7.88. The number of anilines is 1. The van der Waals surface area contributed by atoms with Crippen LogP contribution in [-0.4, -0.2) is 22.1 Å². The first-order valence-corrected chi connectivity index (χ1v) is 4.51. The third-order valence-corrected chi connectivity index (χ3v) is 2.13. The minimum atomic E-state index is 0.598. The number of aromatic nitrogens is 3. The van der Waals surface area contributed by atoms with E-state index in [0.29, 0.717) is 11.4 Å². The van der Waals surface area contributed by atoms with E-state index in [4.69, 9.17) is 10.5 Å². The van der Waals surface area contributed by atoms with Gasteiger partial charge in [-0.3, -0.25) is 4.68 Å². The van der Waals surface area contributed by atoms with Gasteiger partial charge in [0.1, 0.15) is 5.69 Å². The highest BCUT2D eigenvalue weighted by atomic mass is 16.5. The van der Waals surface area contributed by atoms with Crippen molar-refractivity contribution < 1.29 is 4.74 Å². The van der Waals surface area contributed by atoms with Crippen LogP contribution < -0.4 is 10.5 Å². The molecule has 0 unspecified atom stereocenters. The maximum absolute atomic E-state index is 5.80. The number of hydrogen-bond donors (Lipinski definition) is 1. The molecule has 2 N–H and O–H groups in total. The van der Waals surface area contributed by atoms with Gasteiger partial charge in [0.2, 0.25) is 0 Å². The fraction of sp³-hybridized carbons (Fsp3) is 0.200. The third kappa shape index (κ3) is 1.63. The molecule has 1 aromatic heterocycles. The minimum Gasteiger partial charge on any atom is -0.494 e. The third-order valence-electron chi connectivity index (χ3n) is 2.13. The molecule has 0 spiro atoms. The van der Waals surface area contributed by atoms with Crippen molar-refractivity contribution in [3.8, 4) is 17.0 Å².